The Morgan fingerprint density at radius 2 is 1.94 bits per heavy atom. The zero-order valence-electron chi connectivity index (χ0n) is 10.2. The predicted octanol–water partition coefficient (Wildman–Crippen LogP) is 2.64. The molecule has 1 aromatic heterocycles. The van der Waals surface area contributed by atoms with E-state index in [0.29, 0.717) is 0 Å². The maximum atomic E-state index is 5.62. The summed E-state index contributed by atoms with van der Waals surface area (Å²) in [6.45, 7) is 4.26. The molecule has 0 aliphatic heterocycles. The molecule has 3 nitrogen and oxygen atoms in total. The highest BCUT2D eigenvalue weighted by Crippen LogP contribution is 2.22. The molecule has 0 radical (unpaired) electrons. The second kappa shape index (κ2) is 5.17. The maximum absolute atomic E-state index is 5.62. The highest BCUT2D eigenvalue weighted by Gasteiger charge is 2.14. The van der Waals surface area contributed by atoms with Gasteiger partial charge in [0.25, 0.3) is 0 Å². The molecular weight excluding hydrogens is 212 g/mol. The van der Waals surface area contributed by atoms with Gasteiger partial charge in [-0.05, 0) is 43.0 Å². The first-order valence-corrected chi connectivity index (χ1v) is 5.75. The zero-order valence-corrected chi connectivity index (χ0v) is 10.2. The smallest absolute Gasteiger partial charge is 0.0950 e. The van der Waals surface area contributed by atoms with E-state index in [2.05, 4.69) is 37.5 Å². The van der Waals surface area contributed by atoms with E-state index in [-0.39, 0.29) is 6.04 Å². The molecule has 1 unspecified atom stereocenters. The lowest BCUT2D eigenvalue weighted by Crippen LogP contribution is -2.29. The van der Waals surface area contributed by atoms with Crippen LogP contribution in [-0.2, 0) is 6.42 Å². The van der Waals surface area contributed by atoms with E-state index < -0.39 is 0 Å². The summed E-state index contributed by atoms with van der Waals surface area (Å²) in [4.78, 5) is 0. The van der Waals surface area contributed by atoms with Gasteiger partial charge in [0.1, 0.15) is 0 Å². The van der Waals surface area contributed by atoms with Crippen molar-refractivity contribution >= 4 is 0 Å². The fourth-order valence-corrected chi connectivity index (χ4v) is 2.12. The molecule has 0 amide bonds. The molecule has 0 saturated carbocycles. The van der Waals surface area contributed by atoms with Crippen molar-refractivity contribution in [3.63, 3.8) is 0 Å². The monoisotopic (exact) mass is 230 g/mol. The lowest BCUT2D eigenvalue weighted by Gasteiger charge is -2.17. The predicted molar refractivity (Wildman–Crippen MR) is 68.4 cm³/mol. The van der Waals surface area contributed by atoms with Gasteiger partial charge in [-0.1, -0.05) is 18.2 Å². The van der Waals surface area contributed by atoms with Crippen molar-refractivity contribution in [2.75, 3.05) is 0 Å². The van der Waals surface area contributed by atoms with Crippen molar-refractivity contribution in [2.45, 2.75) is 26.3 Å². The minimum Gasteiger partial charge on any atom is -0.472 e. The quantitative estimate of drug-likeness (QED) is 0.627. The molecule has 0 bridgehead atoms. The largest absolute Gasteiger partial charge is 0.472 e. The molecule has 1 aromatic carbocycles. The highest BCUT2D eigenvalue weighted by molar-refractivity contribution is 5.35. The molecule has 0 spiro atoms. The van der Waals surface area contributed by atoms with Gasteiger partial charge in [0.2, 0.25) is 0 Å². The van der Waals surface area contributed by atoms with Crippen molar-refractivity contribution in [1.82, 2.24) is 5.43 Å². The Morgan fingerprint density at radius 1 is 1.24 bits per heavy atom. The molecule has 1 heterocycles. The normalized spacial score (nSPS) is 12.6. The molecule has 3 N–H and O–H groups in total. The van der Waals surface area contributed by atoms with Crippen molar-refractivity contribution in [2.24, 2.45) is 5.84 Å². The van der Waals surface area contributed by atoms with E-state index in [1.165, 1.54) is 16.7 Å². The van der Waals surface area contributed by atoms with Crippen LogP contribution in [0.15, 0.2) is 41.2 Å². The Bertz CT molecular complexity index is 457. The molecule has 2 rings (SSSR count). The van der Waals surface area contributed by atoms with Gasteiger partial charge in [-0.15, -0.1) is 0 Å². The van der Waals surface area contributed by atoms with Crippen LogP contribution in [0, 0.1) is 13.8 Å². The summed E-state index contributed by atoms with van der Waals surface area (Å²) in [6, 6.07) is 8.37. The standard InChI is InChI=1S/C14H18N2O/c1-10-4-3-5-11(2)13(10)8-14(16-15)12-6-7-17-9-12/h3-7,9,14,16H,8,15H2,1-2H3. The summed E-state index contributed by atoms with van der Waals surface area (Å²) in [6.07, 6.45) is 4.27. The van der Waals surface area contributed by atoms with Crippen LogP contribution >= 0.6 is 0 Å². The molecule has 0 aliphatic rings. The Morgan fingerprint density at radius 3 is 2.47 bits per heavy atom. The first kappa shape index (κ1) is 11.9. The SMILES string of the molecule is Cc1cccc(C)c1CC(NN)c1ccoc1. The van der Waals surface area contributed by atoms with Crippen molar-refractivity contribution in [1.29, 1.82) is 0 Å². The lowest BCUT2D eigenvalue weighted by atomic mass is 9.94. The van der Waals surface area contributed by atoms with E-state index in [9.17, 15) is 0 Å². The van der Waals surface area contributed by atoms with Crippen LogP contribution < -0.4 is 11.3 Å². The molecule has 0 aliphatic carbocycles. The number of furan rings is 1. The third kappa shape index (κ3) is 2.57. The van der Waals surface area contributed by atoms with Crippen molar-refractivity contribution < 1.29 is 4.42 Å². The zero-order chi connectivity index (χ0) is 12.3. The third-order valence-corrected chi connectivity index (χ3v) is 3.20. The number of aryl methyl sites for hydroxylation is 2. The molecule has 3 heteroatoms. The number of hydrogen-bond donors (Lipinski definition) is 2. The first-order chi connectivity index (χ1) is 8.22. The van der Waals surface area contributed by atoms with Gasteiger partial charge in [-0.3, -0.25) is 11.3 Å². The van der Waals surface area contributed by atoms with Gasteiger partial charge in [0, 0.05) is 5.56 Å². The summed E-state index contributed by atoms with van der Waals surface area (Å²) >= 11 is 0. The van der Waals surface area contributed by atoms with E-state index in [1.54, 1.807) is 12.5 Å². The van der Waals surface area contributed by atoms with Crippen LogP contribution in [0.1, 0.15) is 28.3 Å². The average Bonchev–Trinajstić information content (AvgIpc) is 2.82. The fraction of sp³-hybridized carbons (Fsp3) is 0.286. The topological polar surface area (TPSA) is 51.2 Å². The van der Waals surface area contributed by atoms with Crippen LogP contribution in [-0.4, -0.2) is 0 Å². The van der Waals surface area contributed by atoms with Crippen LogP contribution in [0.25, 0.3) is 0 Å². The second-order valence-electron chi connectivity index (χ2n) is 4.35. The van der Waals surface area contributed by atoms with Gasteiger partial charge in [0.15, 0.2) is 0 Å². The molecular formula is C14H18N2O. The Labute approximate surface area is 102 Å². The van der Waals surface area contributed by atoms with Crippen LogP contribution in [0.4, 0.5) is 0 Å². The highest BCUT2D eigenvalue weighted by atomic mass is 16.3. The van der Waals surface area contributed by atoms with Gasteiger partial charge in [-0.25, -0.2) is 0 Å². The number of hydrazine groups is 1. The molecule has 17 heavy (non-hydrogen) atoms. The number of benzene rings is 1. The Hall–Kier alpha value is -1.58. The number of hydrogen-bond acceptors (Lipinski definition) is 3. The van der Waals surface area contributed by atoms with Crippen molar-refractivity contribution in [3.8, 4) is 0 Å². The molecule has 0 fully saturated rings. The molecule has 90 valence electrons. The van der Waals surface area contributed by atoms with Gasteiger partial charge < -0.3 is 4.42 Å². The third-order valence-electron chi connectivity index (χ3n) is 3.20. The van der Waals surface area contributed by atoms with Crippen LogP contribution in [0.2, 0.25) is 0 Å². The number of nitrogens with two attached hydrogens (primary N) is 1. The van der Waals surface area contributed by atoms with Gasteiger partial charge in [0.05, 0.1) is 18.6 Å². The molecule has 1 atom stereocenters. The Kier molecular flexibility index (Phi) is 3.61. The van der Waals surface area contributed by atoms with Gasteiger partial charge in [-0.2, -0.15) is 0 Å². The fourth-order valence-electron chi connectivity index (χ4n) is 2.12. The van der Waals surface area contributed by atoms with E-state index >= 15 is 0 Å². The Balaban J connectivity index is 2.25. The summed E-state index contributed by atoms with van der Waals surface area (Å²) in [5, 5.41) is 0. The number of rotatable bonds is 4. The van der Waals surface area contributed by atoms with E-state index in [1.807, 2.05) is 6.07 Å². The lowest BCUT2D eigenvalue weighted by molar-refractivity contribution is 0.524. The summed E-state index contributed by atoms with van der Waals surface area (Å²) < 4.78 is 5.10. The van der Waals surface area contributed by atoms with Crippen LogP contribution in [0.3, 0.4) is 0 Å². The number of nitrogens with one attached hydrogen (secondary N) is 1. The van der Waals surface area contributed by atoms with Crippen molar-refractivity contribution in [3.05, 3.63) is 59.0 Å². The summed E-state index contributed by atoms with van der Waals surface area (Å²) in [5.74, 6) is 5.62. The second-order valence-corrected chi connectivity index (χ2v) is 4.35. The minimum absolute atomic E-state index is 0.0912. The first-order valence-electron chi connectivity index (χ1n) is 5.75. The van der Waals surface area contributed by atoms with Crippen LogP contribution in [0.5, 0.6) is 0 Å². The minimum atomic E-state index is 0.0912. The average molecular weight is 230 g/mol. The molecule has 2 aromatic rings. The maximum Gasteiger partial charge on any atom is 0.0950 e. The summed E-state index contributed by atoms with van der Waals surface area (Å²) in [7, 11) is 0. The molecule has 0 saturated heterocycles. The van der Waals surface area contributed by atoms with E-state index in [0.717, 1.165) is 12.0 Å². The van der Waals surface area contributed by atoms with E-state index in [4.69, 9.17) is 10.3 Å². The van der Waals surface area contributed by atoms with Gasteiger partial charge >= 0.3 is 0 Å². The summed E-state index contributed by atoms with van der Waals surface area (Å²) in [5.41, 5.74) is 7.87.